The molecule has 4 heterocycles. The van der Waals surface area contributed by atoms with Gasteiger partial charge in [-0.1, -0.05) is 145 Å². The molecule has 0 fully saturated rings. The Balaban J connectivity index is 0.000000135. The first kappa shape index (κ1) is 35.9. The first-order valence-corrected chi connectivity index (χ1v) is 22.5. The highest BCUT2D eigenvalue weighted by molar-refractivity contribution is 8.17. The SMILES string of the molecule is C1=[N+](c2ccccc2)C23Sc4ccccc4C=[N+]2c2cccc(c2)-c2cccc1c2S3.c1ccc(C2=[N+](c3ccccc3)CSc3c2cccc3-c2ccccc2)cc1. The van der Waals surface area contributed by atoms with E-state index in [1.807, 2.05) is 35.3 Å². The number of fused-ring (bicyclic) bond motifs is 6. The maximum Gasteiger partial charge on any atom is 0.470 e. The topological polar surface area (TPSA) is 9.03 Å². The molecule has 0 saturated heterocycles. The summed E-state index contributed by atoms with van der Waals surface area (Å²) in [4.78, 5) is 4.01. The van der Waals surface area contributed by atoms with Gasteiger partial charge in [-0.05, 0) is 58.7 Å². The molecule has 0 aliphatic carbocycles. The molecule has 0 saturated carbocycles. The van der Waals surface area contributed by atoms with E-state index in [0.717, 1.165) is 5.88 Å². The average molecular weight is 813 g/mol. The lowest BCUT2D eigenvalue weighted by molar-refractivity contribution is -0.690. The third-order valence-corrected chi connectivity index (χ3v) is 15.3. The molecule has 1 atom stereocenters. The molecular weight excluding hydrogens is 775 g/mol. The van der Waals surface area contributed by atoms with Gasteiger partial charge < -0.3 is 0 Å². The summed E-state index contributed by atoms with van der Waals surface area (Å²) in [6.07, 6.45) is 4.65. The van der Waals surface area contributed by atoms with Gasteiger partial charge in [0.15, 0.2) is 18.3 Å². The van der Waals surface area contributed by atoms with Crippen LogP contribution in [0.4, 0.5) is 17.1 Å². The zero-order valence-electron chi connectivity index (χ0n) is 32.1. The van der Waals surface area contributed by atoms with Crippen molar-refractivity contribution in [3.05, 3.63) is 229 Å². The van der Waals surface area contributed by atoms with Crippen molar-refractivity contribution in [2.75, 3.05) is 5.88 Å². The monoisotopic (exact) mass is 812 g/mol. The number of thioether (sulfide) groups is 3. The molecule has 1 unspecified atom stereocenters. The molecule has 0 amide bonds. The molecule has 59 heavy (non-hydrogen) atoms. The van der Waals surface area contributed by atoms with Crippen LogP contribution in [0.15, 0.2) is 221 Å². The Kier molecular flexibility index (Phi) is 9.26. The van der Waals surface area contributed by atoms with Crippen LogP contribution in [-0.2, 0) is 0 Å². The molecule has 4 aliphatic heterocycles. The third-order valence-electron chi connectivity index (χ3n) is 11.1. The summed E-state index contributed by atoms with van der Waals surface area (Å²) in [6, 6.07) is 73.8. The van der Waals surface area contributed by atoms with E-state index < -0.39 is 4.33 Å². The van der Waals surface area contributed by atoms with Crippen LogP contribution >= 0.6 is 35.3 Å². The molecule has 0 N–H and O–H groups in total. The Hall–Kier alpha value is -6.18. The minimum Gasteiger partial charge on any atom is -0.181 e. The van der Waals surface area contributed by atoms with Gasteiger partial charge in [-0.25, -0.2) is 0 Å². The second-order valence-electron chi connectivity index (χ2n) is 14.7. The lowest BCUT2D eigenvalue weighted by atomic mass is 9.96. The van der Waals surface area contributed by atoms with Crippen LogP contribution in [0.5, 0.6) is 0 Å². The molecule has 4 aliphatic rings. The molecule has 1 spiro atoms. The summed E-state index contributed by atoms with van der Waals surface area (Å²) in [5, 5.41) is 0. The van der Waals surface area contributed by atoms with Gasteiger partial charge in [0.1, 0.15) is 0 Å². The Bertz CT molecular complexity index is 2980. The van der Waals surface area contributed by atoms with Crippen molar-refractivity contribution in [3.63, 3.8) is 0 Å². The summed E-state index contributed by atoms with van der Waals surface area (Å²) >= 11 is 5.79. The van der Waals surface area contributed by atoms with Crippen molar-refractivity contribution in [2.45, 2.75) is 19.0 Å². The van der Waals surface area contributed by atoms with Gasteiger partial charge in [0.25, 0.3) is 0 Å². The van der Waals surface area contributed by atoms with Crippen LogP contribution in [0.2, 0.25) is 0 Å². The van der Waals surface area contributed by atoms with E-state index in [0.29, 0.717) is 0 Å². The molecule has 0 radical (unpaired) electrons. The molecule has 12 rings (SSSR count). The van der Waals surface area contributed by atoms with Crippen molar-refractivity contribution in [3.8, 4) is 22.3 Å². The van der Waals surface area contributed by atoms with E-state index in [9.17, 15) is 0 Å². The Morgan fingerprint density at radius 2 is 0.915 bits per heavy atom. The van der Waals surface area contributed by atoms with Gasteiger partial charge in [0.2, 0.25) is 22.8 Å². The van der Waals surface area contributed by atoms with Crippen LogP contribution < -0.4 is 0 Å². The molecule has 8 aromatic rings. The number of nitrogens with zero attached hydrogens (tertiary/aromatic N) is 3. The lowest BCUT2D eigenvalue weighted by Crippen LogP contribution is -2.47. The fraction of sp³-hybridized carbons (Fsp3) is 0.0377. The quantitative estimate of drug-likeness (QED) is 0.164. The molecule has 280 valence electrons. The molecular formula is C53H38N3S3+3. The standard InChI is InChI=1S/C27H18N2S2.C26H20NS/c1-2-11-22(12-3-1)28-18-21-10-7-14-24-19-9-6-13-23(16-19)29-17-20-8-4-5-15-25(20)30-27(28,29)31-26(21)24;1-4-11-20(12-5-1)23-17-10-18-24-25(21-13-6-2-7-14-21)27(19-28-26(23)24)22-15-8-3-9-16-22/h1-18H;1-18H,19H2/q+2;+1. The number of rotatable bonds is 4. The highest BCUT2D eigenvalue weighted by Crippen LogP contribution is 2.58. The predicted molar refractivity (Wildman–Crippen MR) is 248 cm³/mol. The summed E-state index contributed by atoms with van der Waals surface area (Å²) in [6.45, 7) is 0. The third kappa shape index (κ3) is 6.39. The van der Waals surface area contributed by atoms with E-state index in [1.54, 1.807) is 0 Å². The molecule has 8 aromatic carbocycles. The fourth-order valence-corrected chi connectivity index (χ4v) is 12.8. The van der Waals surface area contributed by atoms with Gasteiger partial charge in [-0.3, -0.25) is 0 Å². The minimum absolute atomic E-state index is 0.391. The summed E-state index contributed by atoms with van der Waals surface area (Å²) in [5.74, 6) is 0.894. The van der Waals surface area contributed by atoms with Crippen LogP contribution in [0, 0.1) is 0 Å². The van der Waals surface area contributed by atoms with Crippen molar-refractivity contribution < 1.29 is 13.7 Å². The number of benzene rings is 8. The molecule has 4 bridgehead atoms. The largest absolute Gasteiger partial charge is 0.470 e. The van der Waals surface area contributed by atoms with Crippen molar-refractivity contribution in [1.82, 2.24) is 0 Å². The molecule has 3 nitrogen and oxygen atoms in total. The lowest BCUT2D eigenvalue weighted by Gasteiger charge is -2.33. The first-order chi connectivity index (χ1) is 29.2. The van der Waals surface area contributed by atoms with Gasteiger partial charge in [-0.15, -0.1) is 9.15 Å². The van der Waals surface area contributed by atoms with Crippen LogP contribution in [-0.4, -0.2) is 42.1 Å². The minimum atomic E-state index is -0.391. The predicted octanol–water partition coefficient (Wildman–Crippen LogP) is 13.3. The van der Waals surface area contributed by atoms with Crippen LogP contribution in [0.25, 0.3) is 22.3 Å². The maximum absolute atomic E-state index is 2.45. The van der Waals surface area contributed by atoms with Gasteiger partial charge in [0, 0.05) is 80.2 Å². The number of para-hydroxylation sites is 2. The normalized spacial score (nSPS) is 16.7. The van der Waals surface area contributed by atoms with Crippen LogP contribution in [0.1, 0.15) is 22.3 Å². The van der Waals surface area contributed by atoms with E-state index in [4.69, 9.17) is 0 Å². The summed E-state index contributed by atoms with van der Waals surface area (Å²) in [7, 11) is 0. The highest BCUT2D eigenvalue weighted by Gasteiger charge is 2.62. The zero-order chi connectivity index (χ0) is 39.2. The van der Waals surface area contributed by atoms with Gasteiger partial charge >= 0.3 is 4.33 Å². The van der Waals surface area contributed by atoms with Gasteiger partial charge in [0.05, 0.1) is 16.7 Å². The second-order valence-corrected chi connectivity index (χ2v) is 18.3. The Labute approximate surface area is 357 Å². The Morgan fingerprint density at radius 1 is 0.390 bits per heavy atom. The van der Waals surface area contributed by atoms with Crippen molar-refractivity contribution >= 4 is 70.5 Å². The second kappa shape index (κ2) is 15.2. The number of hydrogen-bond acceptors (Lipinski definition) is 3. The van der Waals surface area contributed by atoms with E-state index in [1.165, 1.54) is 82.0 Å². The van der Waals surface area contributed by atoms with E-state index in [-0.39, 0.29) is 0 Å². The summed E-state index contributed by atoms with van der Waals surface area (Å²) in [5.41, 5.74) is 15.1. The molecule has 0 aromatic heterocycles. The van der Waals surface area contributed by atoms with E-state index in [2.05, 4.69) is 232 Å². The zero-order valence-corrected chi connectivity index (χ0v) is 34.5. The smallest absolute Gasteiger partial charge is 0.181 e. The van der Waals surface area contributed by atoms with Gasteiger partial charge in [-0.2, -0.15) is 4.58 Å². The fourth-order valence-electron chi connectivity index (χ4n) is 8.40. The molecule has 6 heteroatoms. The van der Waals surface area contributed by atoms with Crippen LogP contribution in [0.3, 0.4) is 0 Å². The average Bonchev–Trinajstić information content (AvgIpc) is 3.31. The van der Waals surface area contributed by atoms with Crippen molar-refractivity contribution in [1.29, 1.82) is 0 Å². The first-order valence-electron chi connectivity index (χ1n) is 19.8. The Morgan fingerprint density at radius 3 is 1.68 bits per heavy atom. The maximum atomic E-state index is 2.45. The highest BCUT2D eigenvalue weighted by atomic mass is 32.2. The van der Waals surface area contributed by atoms with E-state index >= 15 is 0 Å². The number of hydrogen-bond donors (Lipinski definition) is 0. The van der Waals surface area contributed by atoms with Crippen molar-refractivity contribution in [2.24, 2.45) is 0 Å². The summed E-state index contributed by atoms with van der Waals surface area (Å²) < 4.78 is 6.93.